The van der Waals surface area contributed by atoms with Gasteiger partial charge in [-0.1, -0.05) is 19.4 Å². The van der Waals surface area contributed by atoms with Gasteiger partial charge in [0.2, 0.25) is 0 Å². The third-order valence-corrected chi connectivity index (χ3v) is 4.15. The lowest BCUT2D eigenvalue weighted by molar-refractivity contribution is 0.700. The Bertz CT molecular complexity index is 983. The molecular weight excluding hydrogens is 300 g/mol. The zero-order valence-electron chi connectivity index (χ0n) is 13.7. The standard InChI is InChI=1S/C18H18N6/c1-3-6-14-15(16-12-8-10-20-18(12)22-11-21-16)17(23-24(14)2)13-7-4-5-9-19-13/h4-5,7-11H,3,6H2,1-2H3,(H,20,21,22). The fourth-order valence-electron chi connectivity index (χ4n) is 3.09. The minimum Gasteiger partial charge on any atom is -0.346 e. The van der Waals surface area contributed by atoms with Crippen molar-refractivity contribution < 1.29 is 0 Å². The van der Waals surface area contributed by atoms with Gasteiger partial charge in [0.1, 0.15) is 17.7 Å². The molecule has 0 aromatic carbocycles. The molecule has 0 saturated carbocycles. The number of pyridine rings is 1. The van der Waals surface area contributed by atoms with Crippen LogP contribution < -0.4 is 0 Å². The van der Waals surface area contributed by atoms with Crippen molar-refractivity contribution in [1.29, 1.82) is 0 Å². The molecule has 24 heavy (non-hydrogen) atoms. The number of aryl methyl sites for hydroxylation is 1. The summed E-state index contributed by atoms with van der Waals surface area (Å²) in [6.07, 6.45) is 7.24. The van der Waals surface area contributed by atoms with Crippen LogP contribution in [-0.4, -0.2) is 29.7 Å². The van der Waals surface area contributed by atoms with Gasteiger partial charge in [-0.25, -0.2) is 9.97 Å². The Morgan fingerprint density at radius 3 is 2.79 bits per heavy atom. The molecule has 4 heterocycles. The third-order valence-electron chi connectivity index (χ3n) is 4.15. The molecule has 0 aliphatic carbocycles. The summed E-state index contributed by atoms with van der Waals surface area (Å²) in [6.45, 7) is 2.17. The van der Waals surface area contributed by atoms with Gasteiger partial charge >= 0.3 is 0 Å². The summed E-state index contributed by atoms with van der Waals surface area (Å²) in [5, 5.41) is 5.75. The van der Waals surface area contributed by atoms with Crippen molar-refractivity contribution in [2.75, 3.05) is 0 Å². The van der Waals surface area contributed by atoms with Gasteiger partial charge in [0.05, 0.1) is 17.0 Å². The van der Waals surface area contributed by atoms with Crippen LogP contribution in [0.4, 0.5) is 0 Å². The molecule has 120 valence electrons. The Morgan fingerprint density at radius 1 is 1.08 bits per heavy atom. The Morgan fingerprint density at radius 2 is 2.00 bits per heavy atom. The molecule has 0 amide bonds. The van der Waals surface area contributed by atoms with Gasteiger partial charge < -0.3 is 4.98 Å². The molecule has 0 atom stereocenters. The minimum atomic E-state index is 0.832. The molecule has 0 bridgehead atoms. The topological polar surface area (TPSA) is 72.3 Å². The van der Waals surface area contributed by atoms with Gasteiger partial charge in [0, 0.05) is 30.5 Å². The second kappa shape index (κ2) is 5.88. The predicted molar refractivity (Wildman–Crippen MR) is 93.3 cm³/mol. The average Bonchev–Trinajstić information content (AvgIpc) is 3.21. The molecule has 4 aromatic rings. The van der Waals surface area contributed by atoms with Gasteiger partial charge in [-0.3, -0.25) is 9.67 Å². The Kier molecular flexibility index (Phi) is 3.57. The van der Waals surface area contributed by atoms with E-state index in [9.17, 15) is 0 Å². The SMILES string of the molecule is CCCc1c(-c2ncnc3[nH]ccc23)c(-c2ccccn2)nn1C. The number of aromatic amines is 1. The molecule has 0 unspecified atom stereocenters. The molecule has 0 spiro atoms. The van der Waals surface area contributed by atoms with Crippen LogP contribution in [0.1, 0.15) is 19.0 Å². The number of rotatable bonds is 4. The maximum absolute atomic E-state index is 4.75. The fraction of sp³-hybridized carbons (Fsp3) is 0.222. The summed E-state index contributed by atoms with van der Waals surface area (Å²) in [4.78, 5) is 16.5. The number of nitrogens with one attached hydrogen (secondary N) is 1. The lowest BCUT2D eigenvalue weighted by atomic mass is 10.0. The minimum absolute atomic E-state index is 0.832. The predicted octanol–water partition coefficient (Wildman–Crippen LogP) is 3.37. The highest BCUT2D eigenvalue weighted by Gasteiger charge is 2.22. The van der Waals surface area contributed by atoms with Gasteiger partial charge in [-0.05, 0) is 24.6 Å². The molecule has 6 nitrogen and oxygen atoms in total. The second-order valence-corrected chi connectivity index (χ2v) is 5.72. The quantitative estimate of drug-likeness (QED) is 0.626. The van der Waals surface area contributed by atoms with Crippen LogP contribution >= 0.6 is 0 Å². The number of hydrogen-bond donors (Lipinski definition) is 1. The van der Waals surface area contributed by atoms with Gasteiger partial charge in [-0.2, -0.15) is 5.10 Å². The van der Waals surface area contributed by atoms with Crippen LogP contribution in [-0.2, 0) is 13.5 Å². The maximum Gasteiger partial charge on any atom is 0.141 e. The van der Waals surface area contributed by atoms with Crippen molar-refractivity contribution in [3.8, 4) is 22.6 Å². The number of hydrogen-bond acceptors (Lipinski definition) is 4. The first-order valence-electron chi connectivity index (χ1n) is 8.05. The van der Waals surface area contributed by atoms with E-state index in [1.807, 2.05) is 42.2 Å². The molecule has 0 aliphatic rings. The number of nitrogens with zero attached hydrogens (tertiary/aromatic N) is 5. The fourth-order valence-corrected chi connectivity index (χ4v) is 3.09. The van der Waals surface area contributed by atoms with E-state index < -0.39 is 0 Å². The zero-order valence-corrected chi connectivity index (χ0v) is 13.7. The van der Waals surface area contributed by atoms with E-state index in [0.717, 1.165) is 46.5 Å². The summed E-state index contributed by atoms with van der Waals surface area (Å²) < 4.78 is 1.95. The molecule has 0 saturated heterocycles. The first-order valence-corrected chi connectivity index (χ1v) is 8.05. The van der Waals surface area contributed by atoms with Crippen LogP contribution in [0.3, 0.4) is 0 Å². The van der Waals surface area contributed by atoms with Crippen LogP contribution in [0.15, 0.2) is 43.0 Å². The van der Waals surface area contributed by atoms with E-state index in [4.69, 9.17) is 5.10 Å². The van der Waals surface area contributed by atoms with Crippen LogP contribution in [0.25, 0.3) is 33.7 Å². The van der Waals surface area contributed by atoms with E-state index in [0.29, 0.717) is 0 Å². The monoisotopic (exact) mass is 318 g/mol. The van der Waals surface area contributed by atoms with Crippen molar-refractivity contribution in [2.24, 2.45) is 7.05 Å². The van der Waals surface area contributed by atoms with E-state index in [2.05, 4.69) is 26.9 Å². The van der Waals surface area contributed by atoms with Crippen molar-refractivity contribution in [3.05, 3.63) is 48.7 Å². The maximum atomic E-state index is 4.75. The summed E-state index contributed by atoms with van der Waals surface area (Å²) in [5.74, 6) is 0. The van der Waals surface area contributed by atoms with Gasteiger partial charge in [0.15, 0.2) is 0 Å². The van der Waals surface area contributed by atoms with Crippen LogP contribution in [0, 0.1) is 0 Å². The number of H-pyrrole nitrogens is 1. The highest BCUT2D eigenvalue weighted by Crippen LogP contribution is 2.35. The lowest BCUT2D eigenvalue weighted by Crippen LogP contribution is -1.99. The van der Waals surface area contributed by atoms with Crippen LogP contribution in [0.2, 0.25) is 0 Å². The largest absolute Gasteiger partial charge is 0.346 e. The first-order chi connectivity index (χ1) is 11.8. The zero-order chi connectivity index (χ0) is 16.5. The van der Waals surface area contributed by atoms with Crippen molar-refractivity contribution in [2.45, 2.75) is 19.8 Å². The van der Waals surface area contributed by atoms with Crippen LogP contribution in [0.5, 0.6) is 0 Å². The van der Waals surface area contributed by atoms with E-state index in [1.54, 1.807) is 12.5 Å². The average molecular weight is 318 g/mol. The van der Waals surface area contributed by atoms with Crippen molar-refractivity contribution in [3.63, 3.8) is 0 Å². The molecule has 4 rings (SSSR count). The van der Waals surface area contributed by atoms with Crippen molar-refractivity contribution >= 4 is 11.0 Å². The molecule has 0 fully saturated rings. The Balaban J connectivity index is 2.04. The normalized spacial score (nSPS) is 11.2. The third kappa shape index (κ3) is 2.27. The van der Waals surface area contributed by atoms with Gasteiger partial charge in [-0.15, -0.1) is 0 Å². The number of fused-ring (bicyclic) bond motifs is 1. The molecule has 1 N–H and O–H groups in total. The smallest absolute Gasteiger partial charge is 0.141 e. The molecule has 6 heteroatoms. The summed E-state index contributed by atoms with van der Waals surface area (Å²) in [6, 6.07) is 7.88. The van der Waals surface area contributed by atoms with E-state index in [1.165, 1.54) is 5.69 Å². The highest BCUT2D eigenvalue weighted by molar-refractivity contribution is 5.95. The Hall–Kier alpha value is -3.02. The first kappa shape index (κ1) is 14.6. The Labute approximate surface area is 139 Å². The molecule has 0 aliphatic heterocycles. The molecule has 0 radical (unpaired) electrons. The van der Waals surface area contributed by atoms with Gasteiger partial charge in [0.25, 0.3) is 0 Å². The second-order valence-electron chi connectivity index (χ2n) is 5.72. The van der Waals surface area contributed by atoms with Crippen molar-refractivity contribution in [1.82, 2.24) is 29.7 Å². The van der Waals surface area contributed by atoms with E-state index >= 15 is 0 Å². The highest BCUT2D eigenvalue weighted by atomic mass is 15.3. The number of aromatic nitrogens is 6. The lowest BCUT2D eigenvalue weighted by Gasteiger charge is -2.07. The van der Waals surface area contributed by atoms with E-state index in [-0.39, 0.29) is 0 Å². The summed E-state index contributed by atoms with van der Waals surface area (Å²) in [7, 11) is 1.98. The molecule has 4 aromatic heterocycles. The summed E-state index contributed by atoms with van der Waals surface area (Å²) >= 11 is 0. The summed E-state index contributed by atoms with van der Waals surface area (Å²) in [5.41, 5.74) is 5.66. The molecular formula is C18H18N6.